The maximum Gasteiger partial charge on any atom is 0.416 e. The molecular formula is C28H22F6N4O3. The summed E-state index contributed by atoms with van der Waals surface area (Å²) in [6.07, 6.45) is -6.29. The van der Waals surface area contributed by atoms with Gasteiger partial charge in [0.2, 0.25) is 0 Å². The zero-order chi connectivity index (χ0) is 29.7. The van der Waals surface area contributed by atoms with Crippen LogP contribution in [0.4, 0.5) is 42.5 Å². The second-order valence-corrected chi connectivity index (χ2v) is 9.79. The monoisotopic (exact) mass is 576 g/mol. The maximum absolute atomic E-state index is 13.3. The van der Waals surface area contributed by atoms with E-state index in [1.165, 1.54) is 25.3 Å². The van der Waals surface area contributed by atoms with Crippen LogP contribution in [0.3, 0.4) is 0 Å². The lowest BCUT2D eigenvalue weighted by atomic mass is 10.0. The molecular weight excluding hydrogens is 554 g/mol. The Morgan fingerprint density at radius 2 is 1.63 bits per heavy atom. The minimum Gasteiger partial charge on any atom is -0.494 e. The normalized spacial score (nSPS) is 14.4. The highest BCUT2D eigenvalue weighted by Crippen LogP contribution is 2.42. The molecule has 13 heteroatoms. The van der Waals surface area contributed by atoms with Crippen LogP contribution in [0.5, 0.6) is 11.5 Å². The molecule has 1 aromatic heterocycles. The van der Waals surface area contributed by atoms with Gasteiger partial charge in [-0.15, -0.1) is 0 Å². The van der Waals surface area contributed by atoms with E-state index in [0.717, 1.165) is 0 Å². The molecule has 0 atom stereocenters. The molecule has 0 spiro atoms. The minimum atomic E-state index is -4.99. The van der Waals surface area contributed by atoms with E-state index in [1.807, 2.05) is 26.0 Å². The first-order chi connectivity index (χ1) is 19.1. The number of nitrogens with one attached hydrogen (secondary N) is 3. The molecule has 4 aromatic rings. The number of amides is 2. The highest BCUT2D eigenvalue weighted by Gasteiger charge is 2.37. The number of methoxy groups -OCH3 is 1. The number of imidazole rings is 1. The zero-order valence-corrected chi connectivity index (χ0v) is 21.7. The van der Waals surface area contributed by atoms with E-state index < -0.39 is 40.7 Å². The van der Waals surface area contributed by atoms with Gasteiger partial charge in [-0.2, -0.15) is 26.3 Å². The van der Waals surface area contributed by atoms with Gasteiger partial charge in [-0.05, 0) is 74.5 Å². The van der Waals surface area contributed by atoms with Crippen molar-refractivity contribution < 1.29 is 40.6 Å². The number of fused-ring (bicyclic) bond motifs is 2. The van der Waals surface area contributed by atoms with Gasteiger partial charge in [0.25, 0.3) is 0 Å². The molecule has 41 heavy (non-hydrogen) atoms. The largest absolute Gasteiger partial charge is 0.494 e. The van der Waals surface area contributed by atoms with E-state index in [0.29, 0.717) is 40.4 Å². The molecule has 0 saturated heterocycles. The molecule has 0 unspecified atom stereocenters. The van der Waals surface area contributed by atoms with Crippen LogP contribution < -0.4 is 20.1 Å². The van der Waals surface area contributed by atoms with Crippen LogP contribution in [0.2, 0.25) is 0 Å². The van der Waals surface area contributed by atoms with Crippen LogP contribution in [-0.4, -0.2) is 28.7 Å². The highest BCUT2D eigenvalue weighted by atomic mass is 19.4. The fourth-order valence-electron chi connectivity index (χ4n) is 4.34. The number of rotatable bonds is 4. The average molecular weight is 576 g/mol. The van der Waals surface area contributed by atoms with Crippen molar-refractivity contribution in [2.45, 2.75) is 31.8 Å². The van der Waals surface area contributed by atoms with Gasteiger partial charge in [-0.25, -0.2) is 9.78 Å². The van der Waals surface area contributed by atoms with Crippen LogP contribution in [0.15, 0.2) is 54.6 Å². The van der Waals surface area contributed by atoms with Crippen molar-refractivity contribution in [2.75, 3.05) is 17.7 Å². The third kappa shape index (κ3) is 5.79. The number of carbonyl (C=O) groups excluding carboxylic acids is 1. The smallest absolute Gasteiger partial charge is 0.416 e. The lowest BCUT2D eigenvalue weighted by molar-refractivity contribution is -0.143. The third-order valence-electron chi connectivity index (χ3n) is 6.23. The number of carbonyl (C=O) groups is 1. The van der Waals surface area contributed by atoms with E-state index >= 15 is 0 Å². The van der Waals surface area contributed by atoms with Crippen molar-refractivity contribution in [2.24, 2.45) is 0 Å². The lowest BCUT2D eigenvalue weighted by Crippen LogP contribution is -2.27. The molecule has 214 valence electrons. The number of alkyl halides is 6. The van der Waals surface area contributed by atoms with Crippen molar-refractivity contribution in [1.82, 2.24) is 9.97 Å². The Bertz CT molecular complexity index is 1660. The summed E-state index contributed by atoms with van der Waals surface area (Å²) in [5.74, 6) is 0.773. The topological polar surface area (TPSA) is 88.3 Å². The number of hydrogen-bond donors (Lipinski definition) is 3. The summed E-state index contributed by atoms with van der Waals surface area (Å²) in [5.41, 5.74) is -1.97. The van der Waals surface area contributed by atoms with Gasteiger partial charge in [0.1, 0.15) is 17.2 Å². The molecule has 2 amide bonds. The Kier molecular flexibility index (Phi) is 6.63. The van der Waals surface area contributed by atoms with Gasteiger partial charge in [0.05, 0.1) is 40.5 Å². The third-order valence-corrected chi connectivity index (χ3v) is 6.23. The van der Waals surface area contributed by atoms with Gasteiger partial charge >= 0.3 is 18.4 Å². The Hall–Kier alpha value is -4.68. The lowest BCUT2D eigenvalue weighted by Gasteiger charge is -2.29. The fraction of sp³-hybridized carbons (Fsp3) is 0.214. The van der Waals surface area contributed by atoms with Gasteiger partial charge < -0.3 is 25.1 Å². The Balaban J connectivity index is 1.39. The molecule has 3 N–H and O–H groups in total. The summed E-state index contributed by atoms with van der Waals surface area (Å²) in [4.78, 5) is 19.7. The second-order valence-electron chi connectivity index (χ2n) is 9.79. The Labute approximate surface area is 229 Å². The predicted octanol–water partition coefficient (Wildman–Crippen LogP) is 8.10. The molecule has 0 bridgehead atoms. The maximum atomic E-state index is 13.3. The predicted molar refractivity (Wildman–Crippen MR) is 141 cm³/mol. The first kappa shape index (κ1) is 27.9. The number of H-pyrrole nitrogens is 1. The summed E-state index contributed by atoms with van der Waals surface area (Å²) in [6.45, 7) is 3.80. The summed E-state index contributed by atoms with van der Waals surface area (Å²) in [6, 6.07) is 8.34. The molecule has 1 aliphatic rings. The van der Waals surface area contributed by atoms with Crippen LogP contribution in [-0.2, 0) is 12.4 Å². The number of ether oxygens (including phenoxy) is 2. The van der Waals surface area contributed by atoms with Gasteiger partial charge in [-0.3, -0.25) is 0 Å². The highest BCUT2D eigenvalue weighted by molar-refractivity contribution is 6.02. The molecule has 2 heterocycles. The molecule has 0 aliphatic carbocycles. The Morgan fingerprint density at radius 3 is 2.27 bits per heavy atom. The number of halogens is 6. The zero-order valence-electron chi connectivity index (χ0n) is 21.7. The van der Waals surface area contributed by atoms with Gasteiger partial charge in [-0.1, -0.05) is 0 Å². The minimum absolute atomic E-state index is 0.0500. The average Bonchev–Trinajstić information content (AvgIpc) is 3.30. The van der Waals surface area contributed by atoms with Crippen molar-refractivity contribution in [3.05, 3.63) is 71.3 Å². The van der Waals surface area contributed by atoms with E-state index in [1.54, 1.807) is 12.1 Å². The summed E-state index contributed by atoms with van der Waals surface area (Å²) < 4.78 is 91.1. The first-order valence-corrected chi connectivity index (χ1v) is 12.1. The quantitative estimate of drug-likeness (QED) is 0.214. The summed E-state index contributed by atoms with van der Waals surface area (Å²) in [5, 5.41) is 5.32. The number of nitrogens with zero attached hydrogens (tertiary/aromatic N) is 1. The first-order valence-electron chi connectivity index (χ1n) is 12.1. The van der Waals surface area contributed by atoms with Gasteiger partial charge in [0.15, 0.2) is 5.75 Å². The van der Waals surface area contributed by atoms with E-state index in [-0.39, 0.29) is 23.1 Å². The SMILES string of the molecule is COc1c(NC(=O)Nc2ccc3[nH]c(-c4cc(C(F)(F)F)cc(C(F)(F)F)c4)nc3c2)ccc2c1C=CC(C)(C)O2. The molecule has 0 radical (unpaired) electrons. The number of hydrogen-bond acceptors (Lipinski definition) is 4. The summed E-state index contributed by atoms with van der Waals surface area (Å²) in [7, 11) is 1.46. The van der Waals surface area contributed by atoms with Crippen molar-refractivity contribution in [1.29, 1.82) is 0 Å². The van der Waals surface area contributed by atoms with E-state index in [2.05, 4.69) is 20.6 Å². The Morgan fingerprint density at radius 1 is 0.951 bits per heavy atom. The van der Waals surface area contributed by atoms with Gasteiger partial charge in [0, 0.05) is 11.3 Å². The molecule has 1 aliphatic heterocycles. The van der Waals surface area contributed by atoms with Crippen molar-refractivity contribution in [3.8, 4) is 22.9 Å². The summed E-state index contributed by atoms with van der Waals surface area (Å²) >= 11 is 0. The number of urea groups is 1. The standard InChI is InChI=1S/C28H22F6N4O3/c1-26(2)9-8-18-22(41-26)7-6-20(23(18)40-3)38-25(39)35-17-4-5-19-21(13-17)37-24(36-19)14-10-15(27(29,30)31)12-16(11-14)28(32,33)34/h4-13H,1-3H3,(H,36,37)(H2,35,38,39). The molecule has 0 saturated carbocycles. The van der Waals surface area contributed by atoms with Crippen molar-refractivity contribution in [3.63, 3.8) is 0 Å². The number of anilines is 2. The van der Waals surface area contributed by atoms with Crippen molar-refractivity contribution >= 4 is 34.5 Å². The number of aromatic nitrogens is 2. The second kappa shape index (κ2) is 9.75. The molecule has 5 rings (SSSR count). The van der Waals surface area contributed by atoms with Crippen LogP contribution in [0.1, 0.15) is 30.5 Å². The van der Waals surface area contributed by atoms with E-state index in [4.69, 9.17) is 9.47 Å². The molecule has 0 fully saturated rings. The molecule has 3 aromatic carbocycles. The number of benzene rings is 3. The van der Waals surface area contributed by atoms with Crippen LogP contribution in [0, 0.1) is 0 Å². The number of aromatic amines is 1. The van der Waals surface area contributed by atoms with Crippen LogP contribution in [0.25, 0.3) is 28.5 Å². The molecule has 7 nitrogen and oxygen atoms in total. The van der Waals surface area contributed by atoms with E-state index in [9.17, 15) is 31.1 Å². The van der Waals surface area contributed by atoms with Crippen LogP contribution >= 0.6 is 0 Å². The fourth-order valence-corrected chi connectivity index (χ4v) is 4.34.